The van der Waals surface area contributed by atoms with E-state index in [2.05, 4.69) is 55.5 Å². The maximum absolute atomic E-state index is 6.34. The van der Waals surface area contributed by atoms with Gasteiger partial charge in [0.1, 0.15) is 6.10 Å². The minimum Gasteiger partial charge on any atom is -0.373 e. The average Bonchev–Trinajstić information content (AvgIpc) is 2.64. The Morgan fingerprint density at radius 3 is 1.56 bits per heavy atom. The van der Waals surface area contributed by atoms with E-state index in [4.69, 9.17) is 14.2 Å². The molecule has 1 unspecified atom stereocenters. The van der Waals surface area contributed by atoms with Crippen molar-refractivity contribution >= 4 is 18.5 Å². The van der Waals surface area contributed by atoms with Crippen LogP contribution in [0.25, 0.3) is 0 Å². The second-order valence-corrected chi connectivity index (χ2v) is 7.93. The fraction of sp³-hybridized carbons (Fsp3) is 0.429. The first-order valence-corrected chi connectivity index (χ1v) is 10.3. The van der Waals surface area contributed by atoms with E-state index in [1.807, 2.05) is 32.9 Å². The molecule has 136 valence electrons. The molecule has 0 aromatic heterocycles. The summed E-state index contributed by atoms with van der Waals surface area (Å²) < 4.78 is 18.7. The Labute approximate surface area is 153 Å². The first-order chi connectivity index (χ1) is 12.2. The molecule has 2 aromatic rings. The van der Waals surface area contributed by atoms with Crippen LogP contribution in [0, 0.1) is 0 Å². The summed E-state index contributed by atoms with van der Waals surface area (Å²) in [4.78, 5) is 0. The van der Waals surface area contributed by atoms with E-state index in [0.29, 0.717) is 19.8 Å². The van der Waals surface area contributed by atoms with Gasteiger partial charge in [0, 0.05) is 27.7 Å². The Bertz CT molecular complexity index is 558. The lowest BCUT2D eigenvalue weighted by molar-refractivity contribution is -0.227. The number of rotatable bonds is 10. The molecule has 0 saturated heterocycles. The first-order valence-electron chi connectivity index (χ1n) is 8.99. The van der Waals surface area contributed by atoms with Crippen LogP contribution in [0.1, 0.15) is 27.7 Å². The van der Waals surface area contributed by atoms with Gasteiger partial charge >= 0.3 is 0 Å². The summed E-state index contributed by atoms with van der Waals surface area (Å²) in [6.45, 7) is 9.83. The fourth-order valence-electron chi connectivity index (χ4n) is 3.02. The van der Waals surface area contributed by atoms with Gasteiger partial charge in [-0.1, -0.05) is 60.7 Å². The average molecular weight is 360 g/mol. The predicted molar refractivity (Wildman–Crippen MR) is 106 cm³/mol. The zero-order chi connectivity index (χ0) is 18.1. The molecular formula is C21H29O3P. The minimum atomic E-state index is -0.931. The summed E-state index contributed by atoms with van der Waals surface area (Å²) in [5, 5.41) is 2.44. The number of hydrogen-bond acceptors (Lipinski definition) is 3. The van der Waals surface area contributed by atoms with Crippen molar-refractivity contribution in [2.75, 3.05) is 19.8 Å². The molecule has 0 fully saturated rings. The summed E-state index contributed by atoms with van der Waals surface area (Å²) in [5.41, 5.74) is -0.822. The molecule has 3 nitrogen and oxygen atoms in total. The summed E-state index contributed by atoms with van der Waals surface area (Å²) in [7, 11) is -0.931. The normalized spacial score (nSPS) is 13.2. The van der Waals surface area contributed by atoms with Crippen LogP contribution < -0.4 is 10.6 Å². The monoisotopic (exact) mass is 360 g/mol. The number of hydrogen-bond donors (Lipinski definition) is 0. The van der Waals surface area contributed by atoms with E-state index in [1.54, 1.807) is 0 Å². The van der Waals surface area contributed by atoms with Gasteiger partial charge < -0.3 is 14.2 Å². The molecule has 0 spiro atoms. The van der Waals surface area contributed by atoms with Crippen molar-refractivity contribution < 1.29 is 14.2 Å². The molecule has 0 N–H and O–H groups in total. The second-order valence-electron chi connectivity index (χ2n) is 5.60. The van der Waals surface area contributed by atoms with Crippen LogP contribution in [0.15, 0.2) is 60.7 Å². The maximum atomic E-state index is 6.34. The zero-order valence-corrected chi connectivity index (χ0v) is 16.5. The maximum Gasteiger partial charge on any atom is 0.221 e. The number of ether oxygens (including phenoxy) is 3. The molecule has 0 bridgehead atoms. The topological polar surface area (TPSA) is 27.7 Å². The highest BCUT2D eigenvalue weighted by Crippen LogP contribution is 2.52. The van der Waals surface area contributed by atoms with Crippen molar-refractivity contribution in [3.05, 3.63) is 60.7 Å². The van der Waals surface area contributed by atoms with E-state index < -0.39 is 13.4 Å². The van der Waals surface area contributed by atoms with E-state index in [9.17, 15) is 0 Å². The zero-order valence-electron chi connectivity index (χ0n) is 15.6. The Hall–Kier alpha value is -1.25. The quantitative estimate of drug-likeness (QED) is 0.468. The van der Waals surface area contributed by atoms with Crippen LogP contribution in [-0.2, 0) is 14.2 Å². The molecule has 2 aromatic carbocycles. The Morgan fingerprint density at radius 1 is 0.760 bits per heavy atom. The molecular weight excluding hydrogens is 331 g/mol. The molecule has 1 atom stereocenters. The Kier molecular flexibility index (Phi) is 8.05. The van der Waals surface area contributed by atoms with Crippen LogP contribution in [0.3, 0.4) is 0 Å². The lowest BCUT2D eigenvalue weighted by Gasteiger charge is -2.44. The van der Waals surface area contributed by atoms with E-state index in [0.717, 1.165) is 0 Å². The van der Waals surface area contributed by atoms with Gasteiger partial charge in [-0.05, 0) is 38.3 Å². The molecule has 0 aliphatic carbocycles. The van der Waals surface area contributed by atoms with E-state index in [1.165, 1.54) is 10.6 Å². The van der Waals surface area contributed by atoms with Crippen molar-refractivity contribution in [3.63, 3.8) is 0 Å². The molecule has 0 aliphatic heterocycles. The van der Waals surface area contributed by atoms with Crippen molar-refractivity contribution in [3.8, 4) is 0 Å². The van der Waals surface area contributed by atoms with Crippen molar-refractivity contribution in [1.82, 2.24) is 0 Å². The van der Waals surface area contributed by atoms with Gasteiger partial charge in [0.25, 0.3) is 0 Å². The minimum absolute atomic E-state index is 0.191. The molecule has 2 rings (SSSR count). The lowest BCUT2D eigenvalue weighted by atomic mass is 10.3. The molecule has 0 aliphatic rings. The standard InChI is InChI=1S/C21H29O3P/c1-5-22-18(4)21(23-6-2,24-7-3)25(19-14-10-8-11-15-19)20-16-12-9-13-17-20/h8-18H,5-7H2,1-4H3. The third-order valence-corrected chi connectivity index (χ3v) is 6.85. The number of benzene rings is 2. The van der Waals surface area contributed by atoms with Crippen molar-refractivity contribution in [2.24, 2.45) is 0 Å². The SMILES string of the molecule is CCOC(C)C(OCC)(OCC)P(c1ccccc1)c1ccccc1. The van der Waals surface area contributed by atoms with Gasteiger partial charge in [-0.25, -0.2) is 0 Å². The highest BCUT2D eigenvalue weighted by Gasteiger charge is 2.48. The summed E-state index contributed by atoms with van der Waals surface area (Å²) >= 11 is 0. The summed E-state index contributed by atoms with van der Waals surface area (Å²) in [6, 6.07) is 21.0. The first kappa shape index (κ1) is 20.1. The highest BCUT2D eigenvalue weighted by molar-refractivity contribution is 7.74. The molecule has 0 amide bonds. The molecule has 0 radical (unpaired) electrons. The van der Waals surface area contributed by atoms with Gasteiger partial charge in [0.05, 0.1) is 0 Å². The Morgan fingerprint density at radius 2 is 1.20 bits per heavy atom. The molecule has 0 saturated carbocycles. The Balaban J connectivity index is 2.63. The lowest BCUT2D eigenvalue weighted by Crippen LogP contribution is -2.50. The van der Waals surface area contributed by atoms with Crippen LogP contribution in [0.2, 0.25) is 0 Å². The largest absolute Gasteiger partial charge is 0.373 e. The van der Waals surface area contributed by atoms with Crippen LogP contribution in [0.4, 0.5) is 0 Å². The molecule has 4 heteroatoms. The van der Waals surface area contributed by atoms with Gasteiger partial charge in [-0.3, -0.25) is 0 Å². The highest BCUT2D eigenvalue weighted by atomic mass is 31.1. The smallest absolute Gasteiger partial charge is 0.221 e. The summed E-state index contributed by atoms with van der Waals surface area (Å²) in [5.74, 6) is 0. The summed E-state index contributed by atoms with van der Waals surface area (Å²) in [6.07, 6.45) is -0.191. The fourth-order valence-corrected chi connectivity index (χ4v) is 5.93. The molecule has 25 heavy (non-hydrogen) atoms. The van der Waals surface area contributed by atoms with E-state index >= 15 is 0 Å². The van der Waals surface area contributed by atoms with Crippen molar-refractivity contribution in [2.45, 2.75) is 39.3 Å². The van der Waals surface area contributed by atoms with Crippen LogP contribution in [-0.4, -0.2) is 31.5 Å². The second kappa shape index (κ2) is 10.0. The third kappa shape index (κ3) is 4.68. The third-order valence-electron chi connectivity index (χ3n) is 3.97. The van der Waals surface area contributed by atoms with Gasteiger partial charge in [0.2, 0.25) is 5.53 Å². The van der Waals surface area contributed by atoms with Crippen LogP contribution in [0.5, 0.6) is 0 Å². The van der Waals surface area contributed by atoms with Crippen LogP contribution >= 0.6 is 7.92 Å². The molecule has 0 heterocycles. The van der Waals surface area contributed by atoms with Gasteiger partial charge in [0.15, 0.2) is 0 Å². The van der Waals surface area contributed by atoms with Gasteiger partial charge in [-0.2, -0.15) is 0 Å². The predicted octanol–water partition coefficient (Wildman–Crippen LogP) is 4.27. The van der Waals surface area contributed by atoms with Gasteiger partial charge in [-0.15, -0.1) is 0 Å². The van der Waals surface area contributed by atoms with E-state index in [-0.39, 0.29) is 6.10 Å². The van der Waals surface area contributed by atoms with Crippen molar-refractivity contribution in [1.29, 1.82) is 0 Å².